The van der Waals surface area contributed by atoms with Crippen molar-refractivity contribution in [1.29, 1.82) is 0 Å². The van der Waals surface area contributed by atoms with Crippen molar-refractivity contribution in [3.05, 3.63) is 35.6 Å². The monoisotopic (exact) mass is 252 g/mol. The number of hydrogen-bond acceptors (Lipinski definition) is 1. The molecule has 2 nitrogen and oxygen atoms in total. The predicted molar refractivity (Wildman–Crippen MR) is 69.9 cm³/mol. The third-order valence-corrected chi connectivity index (χ3v) is 3.21. The van der Waals surface area contributed by atoms with E-state index in [2.05, 4.69) is 13.8 Å². The minimum absolute atomic E-state index is 0.287. The molecular weight excluding hydrogens is 231 g/mol. The molecule has 0 fully saturated rings. The largest absolute Gasteiger partial charge is 0.481 e. The van der Waals surface area contributed by atoms with Crippen molar-refractivity contribution in [2.45, 2.75) is 39.5 Å². The lowest BCUT2D eigenvalue weighted by Crippen LogP contribution is -2.19. The Morgan fingerprint density at radius 3 is 2.44 bits per heavy atom. The van der Waals surface area contributed by atoms with Crippen LogP contribution in [0.1, 0.15) is 38.7 Å². The molecule has 1 aromatic rings. The van der Waals surface area contributed by atoms with E-state index in [4.69, 9.17) is 0 Å². The second kappa shape index (κ2) is 7.14. The lowest BCUT2D eigenvalue weighted by Gasteiger charge is -2.17. The van der Waals surface area contributed by atoms with E-state index in [1.54, 1.807) is 12.1 Å². The van der Waals surface area contributed by atoms with Gasteiger partial charge in [-0.05, 0) is 36.5 Å². The van der Waals surface area contributed by atoms with E-state index in [0.717, 1.165) is 18.4 Å². The second-order valence-electron chi connectivity index (χ2n) is 5.00. The van der Waals surface area contributed by atoms with Crippen LogP contribution in [-0.4, -0.2) is 11.1 Å². The van der Waals surface area contributed by atoms with E-state index in [1.165, 1.54) is 12.1 Å². The molecule has 1 aromatic carbocycles. The molecule has 0 bridgehead atoms. The number of carbonyl (C=O) groups is 1. The fraction of sp³-hybridized carbons (Fsp3) is 0.533. The van der Waals surface area contributed by atoms with Crippen molar-refractivity contribution in [2.75, 3.05) is 0 Å². The fourth-order valence-electron chi connectivity index (χ4n) is 2.27. The van der Waals surface area contributed by atoms with E-state index in [0.29, 0.717) is 18.8 Å². The van der Waals surface area contributed by atoms with Crippen LogP contribution < -0.4 is 0 Å². The van der Waals surface area contributed by atoms with Gasteiger partial charge in [0.1, 0.15) is 5.82 Å². The van der Waals surface area contributed by atoms with Gasteiger partial charge in [0.25, 0.3) is 0 Å². The van der Waals surface area contributed by atoms with Gasteiger partial charge in [-0.1, -0.05) is 38.8 Å². The van der Waals surface area contributed by atoms with Crippen molar-refractivity contribution < 1.29 is 14.3 Å². The molecule has 2 atom stereocenters. The minimum atomic E-state index is -0.762. The van der Waals surface area contributed by atoms with E-state index < -0.39 is 5.97 Å². The highest BCUT2D eigenvalue weighted by atomic mass is 19.1. The maximum Gasteiger partial charge on any atom is 0.306 e. The number of hydrogen-bond donors (Lipinski definition) is 1. The minimum Gasteiger partial charge on any atom is -0.481 e. The molecule has 0 aliphatic heterocycles. The van der Waals surface area contributed by atoms with E-state index in [-0.39, 0.29) is 11.7 Å². The molecule has 0 radical (unpaired) electrons. The van der Waals surface area contributed by atoms with Crippen LogP contribution in [0.2, 0.25) is 0 Å². The van der Waals surface area contributed by atoms with Crippen LogP contribution in [0.15, 0.2) is 24.3 Å². The van der Waals surface area contributed by atoms with Gasteiger partial charge in [-0.25, -0.2) is 4.39 Å². The molecule has 0 spiro atoms. The number of carboxylic acids is 1. The quantitative estimate of drug-likeness (QED) is 0.799. The number of carboxylic acid groups (broad SMARTS) is 1. The van der Waals surface area contributed by atoms with E-state index >= 15 is 0 Å². The van der Waals surface area contributed by atoms with Gasteiger partial charge >= 0.3 is 5.97 Å². The van der Waals surface area contributed by atoms with Gasteiger partial charge in [0.2, 0.25) is 0 Å². The Kier molecular flexibility index (Phi) is 5.83. The second-order valence-corrected chi connectivity index (χ2v) is 5.00. The summed E-state index contributed by atoms with van der Waals surface area (Å²) in [4.78, 5) is 11.2. The Bertz CT molecular complexity index is 373. The topological polar surface area (TPSA) is 37.3 Å². The number of halogens is 1. The maximum absolute atomic E-state index is 12.8. The first kappa shape index (κ1) is 14.7. The SMILES string of the molecule is CCCC(C)CC(Cc1ccc(F)cc1)C(=O)O. The van der Waals surface area contributed by atoms with Crippen LogP contribution in [0.4, 0.5) is 4.39 Å². The molecule has 3 heteroatoms. The standard InChI is InChI=1S/C15H21FO2/c1-3-4-11(2)9-13(15(17)18)10-12-5-7-14(16)8-6-12/h5-8,11,13H,3-4,9-10H2,1-2H3,(H,17,18). The van der Waals surface area contributed by atoms with Crippen molar-refractivity contribution in [3.63, 3.8) is 0 Å². The molecule has 100 valence electrons. The summed E-state index contributed by atoms with van der Waals surface area (Å²) in [6.45, 7) is 4.19. The van der Waals surface area contributed by atoms with Crippen molar-refractivity contribution in [2.24, 2.45) is 11.8 Å². The van der Waals surface area contributed by atoms with E-state index in [9.17, 15) is 14.3 Å². The molecule has 0 saturated carbocycles. The maximum atomic E-state index is 12.8. The number of rotatable bonds is 7. The Balaban J connectivity index is 2.62. The highest BCUT2D eigenvalue weighted by Gasteiger charge is 2.20. The third kappa shape index (κ3) is 4.86. The Morgan fingerprint density at radius 2 is 1.94 bits per heavy atom. The summed E-state index contributed by atoms with van der Waals surface area (Å²) in [6, 6.07) is 6.08. The first-order valence-corrected chi connectivity index (χ1v) is 6.50. The summed E-state index contributed by atoms with van der Waals surface area (Å²) in [7, 11) is 0. The molecule has 1 rings (SSSR count). The van der Waals surface area contributed by atoms with Gasteiger partial charge < -0.3 is 5.11 Å². The lowest BCUT2D eigenvalue weighted by atomic mass is 9.88. The average molecular weight is 252 g/mol. The van der Waals surface area contributed by atoms with Gasteiger partial charge in [0.05, 0.1) is 5.92 Å². The Hall–Kier alpha value is -1.38. The van der Waals surface area contributed by atoms with Crippen LogP contribution in [0, 0.1) is 17.7 Å². The van der Waals surface area contributed by atoms with Gasteiger partial charge in [-0.3, -0.25) is 4.79 Å². The third-order valence-electron chi connectivity index (χ3n) is 3.21. The Morgan fingerprint density at radius 1 is 1.33 bits per heavy atom. The smallest absolute Gasteiger partial charge is 0.306 e. The van der Waals surface area contributed by atoms with Gasteiger partial charge in [-0.15, -0.1) is 0 Å². The predicted octanol–water partition coefficient (Wildman–Crippen LogP) is 3.90. The van der Waals surface area contributed by atoms with Crippen LogP contribution in [0.3, 0.4) is 0 Å². The van der Waals surface area contributed by atoms with Crippen molar-refractivity contribution in [1.82, 2.24) is 0 Å². The first-order valence-electron chi connectivity index (χ1n) is 6.50. The summed E-state index contributed by atoms with van der Waals surface area (Å²) in [5, 5.41) is 9.23. The fourth-order valence-corrected chi connectivity index (χ4v) is 2.27. The summed E-state index contributed by atoms with van der Waals surface area (Å²) in [5.74, 6) is -1.01. The van der Waals surface area contributed by atoms with Crippen molar-refractivity contribution in [3.8, 4) is 0 Å². The van der Waals surface area contributed by atoms with Crippen LogP contribution in [0.5, 0.6) is 0 Å². The molecule has 2 unspecified atom stereocenters. The van der Waals surface area contributed by atoms with Gasteiger partial charge in [-0.2, -0.15) is 0 Å². The average Bonchev–Trinajstić information content (AvgIpc) is 2.31. The summed E-state index contributed by atoms with van der Waals surface area (Å²) in [6.07, 6.45) is 3.28. The van der Waals surface area contributed by atoms with Gasteiger partial charge in [0, 0.05) is 0 Å². The van der Waals surface area contributed by atoms with E-state index in [1.807, 2.05) is 0 Å². The van der Waals surface area contributed by atoms with Gasteiger partial charge in [0.15, 0.2) is 0 Å². The highest BCUT2D eigenvalue weighted by Crippen LogP contribution is 2.21. The zero-order valence-corrected chi connectivity index (χ0v) is 11.0. The molecular formula is C15H21FO2. The Labute approximate surface area is 108 Å². The molecule has 0 aliphatic carbocycles. The molecule has 0 amide bonds. The molecule has 18 heavy (non-hydrogen) atoms. The molecule has 0 saturated heterocycles. The molecule has 0 heterocycles. The first-order chi connectivity index (χ1) is 8.52. The summed E-state index contributed by atoms with van der Waals surface area (Å²) >= 11 is 0. The molecule has 1 N–H and O–H groups in total. The zero-order valence-electron chi connectivity index (χ0n) is 11.0. The van der Waals surface area contributed by atoms with Crippen molar-refractivity contribution >= 4 is 5.97 Å². The number of aliphatic carboxylic acids is 1. The zero-order chi connectivity index (χ0) is 13.5. The van der Waals surface area contributed by atoms with Crippen LogP contribution in [0.25, 0.3) is 0 Å². The lowest BCUT2D eigenvalue weighted by molar-refractivity contribution is -0.142. The normalized spacial score (nSPS) is 14.2. The highest BCUT2D eigenvalue weighted by molar-refractivity contribution is 5.70. The van der Waals surface area contributed by atoms with Crippen LogP contribution in [-0.2, 0) is 11.2 Å². The molecule has 0 aliphatic rings. The number of benzene rings is 1. The van der Waals surface area contributed by atoms with Crippen LogP contribution >= 0.6 is 0 Å². The molecule has 0 aromatic heterocycles. The summed E-state index contributed by atoms with van der Waals surface area (Å²) in [5.41, 5.74) is 0.882. The summed E-state index contributed by atoms with van der Waals surface area (Å²) < 4.78 is 12.8.